The molecule has 0 N–H and O–H groups in total. The number of benzene rings is 7. The SMILES string of the molecule is C/C=C\C(=C/CC)c1ccc2c(c1)c1cc(C3=CC4C(C=C3)C(C)(C)c3cc5c6ccccc6c6ccccc6c5cc3C4(C)C)ccc1n2-c1ccccc1. The standard InChI is InChI=1S/C55H49N/c1-7-16-35(17-8-2)36-25-28-52-46(30-36)47-31-37(26-29-53(47)56(52)39-18-10-9-11-19-39)38-24-27-48-49(32-38)55(5,6)51-34-45-43-23-15-13-21-41(43)40-20-12-14-22-42(40)44(45)33-50(51)54(48,3)4/h7,9-34,48-49H,8H2,1-6H3/b16-7-,35-17+. The molecule has 0 spiro atoms. The van der Waals surface area contributed by atoms with Crippen LogP contribution in [0.3, 0.4) is 0 Å². The maximum atomic E-state index is 2.62. The van der Waals surface area contributed by atoms with Crippen molar-refractivity contribution in [1.82, 2.24) is 4.57 Å². The molecule has 56 heavy (non-hydrogen) atoms. The van der Waals surface area contributed by atoms with Crippen LogP contribution in [0.1, 0.15) is 70.2 Å². The Labute approximate surface area is 331 Å². The second-order valence-corrected chi connectivity index (χ2v) is 17.2. The molecular weight excluding hydrogens is 675 g/mol. The van der Waals surface area contributed by atoms with E-state index in [0.717, 1.165) is 6.42 Å². The highest BCUT2D eigenvalue weighted by atomic mass is 15.0. The Morgan fingerprint density at radius 1 is 0.589 bits per heavy atom. The highest BCUT2D eigenvalue weighted by Gasteiger charge is 2.50. The van der Waals surface area contributed by atoms with Crippen molar-refractivity contribution >= 4 is 65.3 Å². The highest BCUT2D eigenvalue weighted by molar-refractivity contribution is 6.25. The van der Waals surface area contributed by atoms with Gasteiger partial charge in [0.05, 0.1) is 11.0 Å². The minimum absolute atomic E-state index is 0.0465. The number of hydrogen-bond donors (Lipinski definition) is 0. The number of fused-ring (bicyclic) bond motifs is 11. The van der Waals surface area contributed by atoms with Crippen LogP contribution in [0.4, 0.5) is 0 Å². The zero-order chi connectivity index (χ0) is 38.3. The molecule has 274 valence electrons. The summed E-state index contributed by atoms with van der Waals surface area (Å²) in [5.74, 6) is 0.712. The topological polar surface area (TPSA) is 4.93 Å². The Bertz CT molecular complexity index is 3010. The number of allylic oxidation sites excluding steroid dienone is 8. The third kappa shape index (κ3) is 5.06. The van der Waals surface area contributed by atoms with Crippen LogP contribution in [0, 0.1) is 11.8 Å². The molecule has 2 aliphatic carbocycles. The fourth-order valence-electron chi connectivity index (χ4n) is 10.5. The van der Waals surface area contributed by atoms with E-state index in [4.69, 9.17) is 0 Å². The Kier molecular flexibility index (Phi) is 7.91. The maximum Gasteiger partial charge on any atom is 0.0541 e. The fraction of sp³-hybridized carbons (Fsp3) is 0.200. The van der Waals surface area contributed by atoms with Crippen LogP contribution in [0.2, 0.25) is 0 Å². The van der Waals surface area contributed by atoms with Crippen molar-refractivity contribution in [3.05, 3.63) is 186 Å². The van der Waals surface area contributed by atoms with Crippen LogP contribution in [0.15, 0.2) is 164 Å². The van der Waals surface area contributed by atoms with Gasteiger partial charge in [0.15, 0.2) is 0 Å². The van der Waals surface area contributed by atoms with E-state index in [1.807, 2.05) is 0 Å². The summed E-state index contributed by atoms with van der Waals surface area (Å²) in [6.45, 7) is 14.3. The third-order valence-electron chi connectivity index (χ3n) is 13.4. The summed E-state index contributed by atoms with van der Waals surface area (Å²) in [5.41, 5.74) is 11.6. The summed E-state index contributed by atoms with van der Waals surface area (Å²) in [4.78, 5) is 0. The molecule has 0 saturated heterocycles. The van der Waals surface area contributed by atoms with Gasteiger partial charge in [0.25, 0.3) is 0 Å². The Morgan fingerprint density at radius 3 is 1.75 bits per heavy atom. The average Bonchev–Trinajstić information content (AvgIpc) is 3.56. The normalized spacial score (nSPS) is 19.0. The maximum absolute atomic E-state index is 2.62. The molecule has 1 heterocycles. The second kappa shape index (κ2) is 12.8. The number of rotatable bonds is 5. The molecular formula is C55H49N. The monoisotopic (exact) mass is 723 g/mol. The molecule has 0 aliphatic heterocycles. The Morgan fingerprint density at radius 2 is 1.14 bits per heavy atom. The predicted octanol–water partition coefficient (Wildman–Crippen LogP) is 15.1. The molecule has 1 aromatic heterocycles. The quantitative estimate of drug-likeness (QED) is 0.123. The lowest BCUT2D eigenvalue weighted by Crippen LogP contribution is -2.48. The van der Waals surface area contributed by atoms with Crippen molar-refractivity contribution in [2.45, 2.75) is 58.8 Å². The van der Waals surface area contributed by atoms with Crippen LogP contribution in [-0.2, 0) is 10.8 Å². The molecule has 7 aromatic carbocycles. The molecule has 0 amide bonds. The number of aromatic nitrogens is 1. The highest BCUT2D eigenvalue weighted by Crippen LogP contribution is 2.57. The summed E-state index contributed by atoms with van der Waals surface area (Å²) < 4.78 is 2.43. The first-order valence-electron chi connectivity index (χ1n) is 20.5. The van der Waals surface area contributed by atoms with Gasteiger partial charge in [0.1, 0.15) is 0 Å². The van der Waals surface area contributed by atoms with Gasteiger partial charge < -0.3 is 4.57 Å². The molecule has 1 nitrogen and oxygen atoms in total. The van der Waals surface area contributed by atoms with Crippen LogP contribution in [0.25, 0.3) is 71.0 Å². The first kappa shape index (κ1) is 34.6. The molecule has 0 bridgehead atoms. The second-order valence-electron chi connectivity index (χ2n) is 17.2. The first-order valence-corrected chi connectivity index (χ1v) is 20.5. The summed E-state index contributed by atoms with van der Waals surface area (Å²) >= 11 is 0. The van der Waals surface area contributed by atoms with E-state index < -0.39 is 0 Å². The minimum Gasteiger partial charge on any atom is -0.309 e. The van der Waals surface area contributed by atoms with Gasteiger partial charge in [-0.1, -0.05) is 150 Å². The molecule has 0 radical (unpaired) electrons. The smallest absolute Gasteiger partial charge is 0.0541 e. The van der Waals surface area contributed by atoms with E-state index in [-0.39, 0.29) is 10.8 Å². The number of nitrogens with zero attached hydrogens (tertiary/aromatic N) is 1. The van der Waals surface area contributed by atoms with Gasteiger partial charge in [0.2, 0.25) is 0 Å². The largest absolute Gasteiger partial charge is 0.309 e. The van der Waals surface area contributed by atoms with Crippen LogP contribution >= 0.6 is 0 Å². The fourth-order valence-corrected chi connectivity index (χ4v) is 10.5. The summed E-state index contributed by atoms with van der Waals surface area (Å²) in [6.07, 6.45) is 15.3. The van der Waals surface area contributed by atoms with Gasteiger partial charge in [0, 0.05) is 16.5 Å². The van der Waals surface area contributed by atoms with Crippen molar-refractivity contribution < 1.29 is 0 Å². The molecule has 10 rings (SSSR count). The summed E-state index contributed by atoms with van der Waals surface area (Å²) in [7, 11) is 0. The summed E-state index contributed by atoms with van der Waals surface area (Å²) in [5, 5.41) is 10.7. The molecule has 2 atom stereocenters. The van der Waals surface area contributed by atoms with Crippen molar-refractivity contribution in [3.8, 4) is 5.69 Å². The zero-order valence-electron chi connectivity index (χ0n) is 33.4. The molecule has 1 heteroatoms. The van der Waals surface area contributed by atoms with Gasteiger partial charge in [-0.25, -0.2) is 0 Å². The molecule has 8 aromatic rings. The van der Waals surface area contributed by atoms with E-state index in [0.29, 0.717) is 11.8 Å². The molecule has 2 unspecified atom stereocenters. The Balaban J connectivity index is 1.15. The van der Waals surface area contributed by atoms with Gasteiger partial charge in [-0.2, -0.15) is 0 Å². The molecule has 0 fully saturated rings. The van der Waals surface area contributed by atoms with Crippen LogP contribution in [0.5, 0.6) is 0 Å². The van der Waals surface area contributed by atoms with Gasteiger partial charge in [-0.15, -0.1) is 0 Å². The first-order chi connectivity index (χ1) is 27.2. The average molecular weight is 724 g/mol. The van der Waals surface area contributed by atoms with Gasteiger partial charge >= 0.3 is 0 Å². The molecule has 0 saturated carbocycles. The number of hydrogen-bond acceptors (Lipinski definition) is 0. The lowest BCUT2D eigenvalue weighted by Gasteiger charge is -2.53. The lowest BCUT2D eigenvalue weighted by atomic mass is 9.51. The summed E-state index contributed by atoms with van der Waals surface area (Å²) in [6, 6.07) is 48.0. The predicted molar refractivity (Wildman–Crippen MR) is 243 cm³/mol. The van der Waals surface area contributed by atoms with Crippen LogP contribution < -0.4 is 0 Å². The van der Waals surface area contributed by atoms with Crippen LogP contribution in [-0.4, -0.2) is 4.57 Å². The van der Waals surface area contributed by atoms with E-state index >= 15 is 0 Å². The molecule has 2 aliphatic rings. The van der Waals surface area contributed by atoms with E-state index in [1.165, 1.54) is 93.2 Å². The van der Waals surface area contributed by atoms with Crippen molar-refractivity contribution in [3.63, 3.8) is 0 Å². The Hall–Kier alpha value is -5.92. The lowest BCUT2D eigenvalue weighted by molar-refractivity contribution is 0.191. The van der Waals surface area contributed by atoms with Crippen molar-refractivity contribution in [1.29, 1.82) is 0 Å². The van der Waals surface area contributed by atoms with Gasteiger partial charge in [-0.05, 0) is 150 Å². The van der Waals surface area contributed by atoms with Crippen molar-refractivity contribution in [2.75, 3.05) is 0 Å². The van der Waals surface area contributed by atoms with Crippen molar-refractivity contribution in [2.24, 2.45) is 11.8 Å². The minimum atomic E-state index is -0.0797. The van der Waals surface area contributed by atoms with E-state index in [9.17, 15) is 0 Å². The van der Waals surface area contributed by atoms with E-state index in [1.54, 1.807) is 0 Å². The third-order valence-corrected chi connectivity index (χ3v) is 13.4. The number of para-hydroxylation sites is 1. The van der Waals surface area contributed by atoms with E-state index in [2.05, 4.69) is 210 Å². The zero-order valence-corrected chi connectivity index (χ0v) is 33.4. The van der Waals surface area contributed by atoms with Gasteiger partial charge in [-0.3, -0.25) is 0 Å².